The number of amides is 1. The Labute approximate surface area is 228 Å². The summed E-state index contributed by atoms with van der Waals surface area (Å²) in [4.78, 5) is 17.8. The standard InChI is InChI=1S/C32H33N3O4/c1-4-39-28-12-8-5-9-21(28)13-18-31(36)33-22-14-16-27-25(19-22)32(24-10-6-7-11-26(24)35-27)34-23-15-17-29(37-2)30(20-23)38-3/h5,8-9,12-20H,4,6-7,10-11H2,1-3H3,(H,33,36)(H,34,35). The topological polar surface area (TPSA) is 81.7 Å². The monoisotopic (exact) mass is 523 g/mol. The van der Waals surface area contributed by atoms with E-state index in [1.165, 1.54) is 11.6 Å². The molecule has 0 radical (unpaired) electrons. The summed E-state index contributed by atoms with van der Waals surface area (Å²) in [5.41, 5.74) is 6.69. The van der Waals surface area contributed by atoms with Crippen LogP contribution >= 0.6 is 0 Å². The second kappa shape index (κ2) is 11.9. The molecule has 0 spiro atoms. The number of aryl methyl sites for hydroxylation is 1. The summed E-state index contributed by atoms with van der Waals surface area (Å²) in [7, 11) is 3.25. The first-order valence-electron chi connectivity index (χ1n) is 13.2. The lowest BCUT2D eigenvalue weighted by atomic mass is 9.92. The summed E-state index contributed by atoms with van der Waals surface area (Å²) in [5.74, 6) is 1.85. The van der Waals surface area contributed by atoms with Crippen LogP contribution in [0.25, 0.3) is 17.0 Å². The van der Waals surface area contributed by atoms with E-state index in [0.717, 1.165) is 65.0 Å². The van der Waals surface area contributed by atoms with Crippen molar-refractivity contribution >= 4 is 39.9 Å². The van der Waals surface area contributed by atoms with Crippen molar-refractivity contribution in [3.05, 3.63) is 83.6 Å². The molecule has 2 N–H and O–H groups in total. The highest BCUT2D eigenvalue weighted by molar-refractivity contribution is 6.04. The van der Waals surface area contributed by atoms with Gasteiger partial charge in [-0.2, -0.15) is 0 Å². The van der Waals surface area contributed by atoms with E-state index >= 15 is 0 Å². The van der Waals surface area contributed by atoms with Gasteiger partial charge in [-0.25, -0.2) is 0 Å². The van der Waals surface area contributed by atoms with Gasteiger partial charge in [-0.3, -0.25) is 9.78 Å². The van der Waals surface area contributed by atoms with E-state index in [4.69, 9.17) is 19.2 Å². The van der Waals surface area contributed by atoms with Gasteiger partial charge in [0.2, 0.25) is 5.91 Å². The molecule has 3 aromatic carbocycles. The van der Waals surface area contributed by atoms with Crippen molar-refractivity contribution in [3.8, 4) is 17.2 Å². The number of hydrogen-bond acceptors (Lipinski definition) is 6. The van der Waals surface area contributed by atoms with E-state index in [9.17, 15) is 4.79 Å². The summed E-state index contributed by atoms with van der Waals surface area (Å²) in [6.45, 7) is 2.50. The summed E-state index contributed by atoms with van der Waals surface area (Å²) < 4.78 is 16.6. The number of benzene rings is 3. The third-order valence-electron chi connectivity index (χ3n) is 6.82. The molecule has 0 bridgehead atoms. The number of aromatic nitrogens is 1. The van der Waals surface area contributed by atoms with Crippen LogP contribution in [-0.2, 0) is 17.6 Å². The molecule has 7 heteroatoms. The largest absolute Gasteiger partial charge is 0.493 e. The number of carbonyl (C=O) groups is 1. The molecule has 1 amide bonds. The van der Waals surface area contributed by atoms with Gasteiger partial charge in [0.05, 0.1) is 32.0 Å². The van der Waals surface area contributed by atoms with Gasteiger partial charge < -0.3 is 24.8 Å². The summed E-state index contributed by atoms with van der Waals surface area (Å²) in [6.07, 6.45) is 7.45. The number of pyridine rings is 1. The van der Waals surface area contributed by atoms with Crippen molar-refractivity contribution < 1.29 is 19.0 Å². The Bertz CT molecular complexity index is 1530. The molecule has 0 saturated heterocycles. The highest BCUT2D eigenvalue weighted by Gasteiger charge is 2.19. The van der Waals surface area contributed by atoms with Crippen molar-refractivity contribution in [1.29, 1.82) is 0 Å². The molecule has 1 aromatic heterocycles. The number of anilines is 3. The number of nitrogens with zero attached hydrogens (tertiary/aromatic N) is 1. The lowest BCUT2D eigenvalue weighted by molar-refractivity contribution is -0.111. The lowest BCUT2D eigenvalue weighted by Gasteiger charge is -2.22. The van der Waals surface area contributed by atoms with Gasteiger partial charge in [0.25, 0.3) is 0 Å². The van der Waals surface area contributed by atoms with Gasteiger partial charge in [-0.15, -0.1) is 0 Å². The number of methoxy groups -OCH3 is 2. The second-order valence-electron chi connectivity index (χ2n) is 9.34. The molecular weight excluding hydrogens is 490 g/mol. The van der Waals surface area contributed by atoms with Crippen LogP contribution in [0, 0.1) is 0 Å². The third-order valence-corrected chi connectivity index (χ3v) is 6.82. The summed E-state index contributed by atoms with van der Waals surface area (Å²) >= 11 is 0. The Morgan fingerprint density at radius 2 is 1.72 bits per heavy atom. The highest BCUT2D eigenvalue weighted by atomic mass is 16.5. The quantitative estimate of drug-likeness (QED) is 0.232. The molecule has 1 aliphatic rings. The second-order valence-corrected chi connectivity index (χ2v) is 9.34. The minimum atomic E-state index is -0.221. The van der Waals surface area contributed by atoms with E-state index in [0.29, 0.717) is 23.8 Å². The fourth-order valence-corrected chi connectivity index (χ4v) is 4.96. The van der Waals surface area contributed by atoms with Crippen LogP contribution in [0.3, 0.4) is 0 Å². The van der Waals surface area contributed by atoms with E-state index in [-0.39, 0.29) is 5.91 Å². The van der Waals surface area contributed by atoms with Gasteiger partial charge in [-0.1, -0.05) is 18.2 Å². The van der Waals surface area contributed by atoms with E-state index in [2.05, 4.69) is 10.6 Å². The van der Waals surface area contributed by atoms with Crippen LogP contribution in [0.15, 0.2) is 66.7 Å². The van der Waals surface area contributed by atoms with Crippen LogP contribution in [0.1, 0.15) is 36.6 Å². The first-order valence-corrected chi connectivity index (χ1v) is 13.2. The first-order chi connectivity index (χ1) is 19.1. The van der Waals surface area contributed by atoms with Crippen LogP contribution in [0.5, 0.6) is 17.2 Å². The molecule has 1 aliphatic carbocycles. The van der Waals surface area contributed by atoms with Gasteiger partial charge in [0, 0.05) is 40.2 Å². The minimum Gasteiger partial charge on any atom is -0.493 e. The Balaban J connectivity index is 1.46. The normalized spacial score (nSPS) is 12.7. The van der Waals surface area contributed by atoms with Crippen LogP contribution in [0.2, 0.25) is 0 Å². The molecule has 7 nitrogen and oxygen atoms in total. The van der Waals surface area contributed by atoms with Crippen molar-refractivity contribution in [2.24, 2.45) is 0 Å². The molecule has 0 unspecified atom stereocenters. The smallest absolute Gasteiger partial charge is 0.248 e. The molecule has 5 rings (SSSR count). The lowest BCUT2D eigenvalue weighted by Crippen LogP contribution is -2.11. The zero-order chi connectivity index (χ0) is 27.2. The first kappa shape index (κ1) is 26.1. The predicted octanol–water partition coefficient (Wildman–Crippen LogP) is 6.93. The molecule has 1 heterocycles. The van der Waals surface area contributed by atoms with Crippen LogP contribution < -0.4 is 24.8 Å². The SMILES string of the molecule is CCOc1ccccc1C=CC(=O)Nc1ccc2nc3c(c(Nc4ccc(OC)c(OC)c4)c2c1)CCCC3. The van der Waals surface area contributed by atoms with Crippen LogP contribution in [-0.4, -0.2) is 31.7 Å². The van der Waals surface area contributed by atoms with Gasteiger partial charge in [0.1, 0.15) is 5.75 Å². The Morgan fingerprint density at radius 3 is 2.54 bits per heavy atom. The number of rotatable bonds is 9. The van der Waals surface area contributed by atoms with Crippen molar-refractivity contribution in [3.63, 3.8) is 0 Å². The summed E-state index contributed by atoms with van der Waals surface area (Å²) in [5, 5.41) is 7.58. The number of ether oxygens (including phenoxy) is 3. The minimum absolute atomic E-state index is 0.221. The molecule has 0 saturated carbocycles. The highest BCUT2D eigenvalue weighted by Crippen LogP contribution is 2.38. The molecule has 39 heavy (non-hydrogen) atoms. The third kappa shape index (κ3) is 5.82. The van der Waals surface area contributed by atoms with Gasteiger partial charge in [0.15, 0.2) is 11.5 Å². The van der Waals surface area contributed by atoms with Gasteiger partial charge >= 0.3 is 0 Å². The fourth-order valence-electron chi connectivity index (χ4n) is 4.96. The number of nitrogens with one attached hydrogen (secondary N) is 2. The number of para-hydroxylation sites is 1. The Kier molecular flexibility index (Phi) is 7.96. The predicted molar refractivity (Wildman–Crippen MR) is 156 cm³/mol. The van der Waals surface area contributed by atoms with Crippen molar-refractivity contribution in [2.75, 3.05) is 31.5 Å². The molecular formula is C32H33N3O4. The van der Waals surface area contributed by atoms with Gasteiger partial charge in [-0.05, 0) is 80.6 Å². The molecule has 0 aliphatic heterocycles. The maximum absolute atomic E-state index is 12.8. The van der Waals surface area contributed by atoms with E-state index in [1.807, 2.05) is 67.6 Å². The number of fused-ring (bicyclic) bond motifs is 2. The fraction of sp³-hybridized carbons (Fsp3) is 0.250. The Morgan fingerprint density at radius 1 is 0.923 bits per heavy atom. The van der Waals surface area contributed by atoms with E-state index < -0.39 is 0 Å². The average molecular weight is 524 g/mol. The average Bonchev–Trinajstić information content (AvgIpc) is 2.97. The zero-order valence-electron chi connectivity index (χ0n) is 22.5. The van der Waals surface area contributed by atoms with Crippen molar-refractivity contribution in [2.45, 2.75) is 32.6 Å². The Hall–Kier alpha value is -4.52. The molecule has 0 atom stereocenters. The van der Waals surface area contributed by atoms with Crippen LogP contribution in [0.4, 0.5) is 17.1 Å². The van der Waals surface area contributed by atoms with E-state index in [1.54, 1.807) is 20.3 Å². The number of carbonyl (C=O) groups excluding carboxylic acids is 1. The zero-order valence-corrected chi connectivity index (χ0v) is 22.5. The molecule has 4 aromatic rings. The number of hydrogen-bond donors (Lipinski definition) is 2. The maximum Gasteiger partial charge on any atom is 0.248 e. The molecule has 200 valence electrons. The molecule has 0 fully saturated rings. The maximum atomic E-state index is 12.8. The summed E-state index contributed by atoms with van der Waals surface area (Å²) in [6, 6.07) is 19.3. The van der Waals surface area contributed by atoms with Crippen molar-refractivity contribution in [1.82, 2.24) is 4.98 Å².